The topological polar surface area (TPSA) is 87.0 Å². The van der Waals surface area contributed by atoms with Crippen molar-refractivity contribution in [1.82, 2.24) is 0 Å². The van der Waals surface area contributed by atoms with Gasteiger partial charge in [-0.2, -0.15) is 0 Å². The van der Waals surface area contributed by atoms with Crippen molar-refractivity contribution in [1.29, 1.82) is 0 Å². The van der Waals surface area contributed by atoms with Crippen LogP contribution >= 0.6 is 0 Å². The molecule has 5 heteroatoms. The van der Waals surface area contributed by atoms with Gasteiger partial charge in [0.1, 0.15) is 6.61 Å². The predicted octanol–water partition coefficient (Wildman–Crippen LogP) is 6.26. The fourth-order valence-corrected chi connectivity index (χ4v) is 10.3. The molecule has 3 N–H and O–H groups in total. The second kappa shape index (κ2) is 10.7. The van der Waals surface area contributed by atoms with Crippen LogP contribution in [0.2, 0.25) is 0 Å². The van der Waals surface area contributed by atoms with Crippen LogP contribution in [0.4, 0.5) is 0 Å². The minimum absolute atomic E-state index is 0.0863. The van der Waals surface area contributed by atoms with E-state index in [1.807, 2.05) is 24.3 Å². The van der Waals surface area contributed by atoms with Crippen molar-refractivity contribution in [3.63, 3.8) is 0 Å². The molecule has 4 saturated carbocycles. The van der Waals surface area contributed by atoms with E-state index in [-0.39, 0.29) is 41.5 Å². The molecule has 0 saturated heterocycles. The molecule has 0 amide bonds. The number of aliphatic hydroxyl groups excluding tert-OH is 3. The van der Waals surface area contributed by atoms with Crippen LogP contribution in [0.5, 0.6) is 0 Å². The quantitative estimate of drug-likeness (QED) is 0.371. The third kappa shape index (κ3) is 4.61. The third-order valence-electron chi connectivity index (χ3n) is 12.6. The molecule has 40 heavy (non-hydrogen) atoms. The fraction of sp³-hybridized carbons (Fsp3) is 0.686. The predicted molar refractivity (Wildman–Crippen MR) is 156 cm³/mol. The zero-order valence-corrected chi connectivity index (χ0v) is 24.5. The summed E-state index contributed by atoms with van der Waals surface area (Å²) in [6.45, 7) is 7.18. The summed E-state index contributed by atoms with van der Waals surface area (Å²) >= 11 is 0. The number of carbonyl (C=O) groups is 1. The van der Waals surface area contributed by atoms with Crippen molar-refractivity contribution in [2.45, 2.75) is 103 Å². The van der Waals surface area contributed by atoms with E-state index >= 15 is 0 Å². The molecule has 0 aliphatic heterocycles. The Morgan fingerprint density at radius 3 is 2.58 bits per heavy atom. The Kier molecular flexibility index (Phi) is 7.55. The lowest BCUT2D eigenvalue weighted by Gasteiger charge is -2.63. The maximum absolute atomic E-state index is 12.8. The van der Waals surface area contributed by atoms with Crippen LogP contribution in [-0.4, -0.2) is 39.6 Å². The van der Waals surface area contributed by atoms with Crippen molar-refractivity contribution in [3.8, 4) is 0 Å². The van der Waals surface area contributed by atoms with E-state index in [1.165, 1.54) is 0 Å². The van der Waals surface area contributed by atoms with Gasteiger partial charge in [-0.05, 0) is 114 Å². The molecule has 218 valence electrons. The minimum Gasteiger partial charge on any atom is -0.461 e. The van der Waals surface area contributed by atoms with Gasteiger partial charge in [-0.3, -0.25) is 4.79 Å². The van der Waals surface area contributed by atoms with E-state index in [2.05, 4.69) is 39.0 Å². The van der Waals surface area contributed by atoms with E-state index in [0.717, 1.165) is 67.7 Å². The normalized spacial score (nSPS) is 41.5. The zero-order valence-electron chi connectivity index (χ0n) is 24.5. The lowest BCUT2D eigenvalue weighted by atomic mass is 9.43. The molecule has 4 aliphatic rings. The average Bonchev–Trinajstić information content (AvgIpc) is 3.30. The summed E-state index contributed by atoms with van der Waals surface area (Å²) in [5.74, 6) is 1.61. The highest BCUT2D eigenvalue weighted by atomic mass is 16.5. The molecule has 5 nitrogen and oxygen atoms in total. The Hall–Kier alpha value is -1.95. The maximum Gasteiger partial charge on any atom is 0.306 e. The first kappa shape index (κ1) is 28.2. The van der Waals surface area contributed by atoms with E-state index < -0.39 is 6.10 Å². The number of ether oxygens (including phenoxy) is 1. The first-order valence-electron chi connectivity index (χ1n) is 15.8. The van der Waals surface area contributed by atoms with Gasteiger partial charge >= 0.3 is 5.97 Å². The molecule has 4 fully saturated rings. The molecule has 0 radical (unpaired) electrons. The summed E-state index contributed by atoms with van der Waals surface area (Å²) in [4.78, 5) is 12.8. The molecule has 2 aromatic rings. The van der Waals surface area contributed by atoms with E-state index in [1.54, 1.807) is 0 Å². The Labute approximate surface area is 239 Å². The third-order valence-corrected chi connectivity index (χ3v) is 12.6. The van der Waals surface area contributed by atoms with Crippen molar-refractivity contribution in [3.05, 3.63) is 48.0 Å². The van der Waals surface area contributed by atoms with Gasteiger partial charge in [-0.25, -0.2) is 0 Å². The Morgan fingerprint density at radius 2 is 1.75 bits per heavy atom. The van der Waals surface area contributed by atoms with Gasteiger partial charge in [0.25, 0.3) is 0 Å². The minimum atomic E-state index is -0.401. The van der Waals surface area contributed by atoms with Crippen LogP contribution in [0.25, 0.3) is 10.8 Å². The maximum atomic E-state index is 12.8. The summed E-state index contributed by atoms with van der Waals surface area (Å²) in [6.07, 6.45) is 6.33. The first-order valence-corrected chi connectivity index (χ1v) is 15.8. The molecule has 0 bridgehead atoms. The molecule has 0 aromatic heterocycles. The van der Waals surface area contributed by atoms with Gasteiger partial charge in [-0.1, -0.05) is 63.2 Å². The summed E-state index contributed by atoms with van der Waals surface area (Å²) in [6, 6.07) is 14.3. The summed E-state index contributed by atoms with van der Waals surface area (Å²) in [5.41, 5.74) is 0.870. The Bertz CT molecular complexity index is 1220. The Balaban J connectivity index is 1.10. The number of carbonyl (C=O) groups excluding carboxylic acids is 1. The number of aliphatic hydroxyl groups is 3. The Morgan fingerprint density at radius 1 is 0.975 bits per heavy atom. The molecule has 0 spiro atoms. The number of hydrogen-bond donors (Lipinski definition) is 3. The molecule has 4 aliphatic carbocycles. The molecule has 0 heterocycles. The molecule has 0 unspecified atom stereocenters. The van der Waals surface area contributed by atoms with Crippen LogP contribution in [0.3, 0.4) is 0 Å². The molecular weight excluding hydrogens is 500 g/mol. The molecule has 2 aromatic carbocycles. The highest BCUT2D eigenvalue weighted by Crippen LogP contribution is 2.68. The SMILES string of the molecule is C[C@H](CCC(=O)OCc1cccc2ccccc12)[C@H]1CC[C@H]2[C@@H]3[C@H](O)C[C@@H]4C[C@H](O)CC[C@]4(C)[C@H]3C[C@H](O)[C@]12C. The average molecular weight is 549 g/mol. The highest BCUT2D eigenvalue weighted by molar-refractivity contribution is 5.85. The number of fused-ring (bicyclic) bond motifs is 6. The fourth-order valence-electron chi connectivity index (χ4n) is 10.3. The summed E-state index contributed by atoms with van der Waals surface area (Å²) < 4.78 is 5.72. The second-order valence-corrected chi connectivity index (χ2v) is 14.3. The van der Waals surface area contributed by atoms with Crippen molar-refractivity contribution >= 4 is 16.7 Å². The van der Waals surface area contributed by atoms with Crippen LogP contribution < -0.4 is 0 Å². The number of esters is 1. The molecule has 11 atom stereocenters. The number of hydrogen-bond acceptors (Lipinski definition) is 5. The number of rotatable bonds is 6. The van der Waals surface area contributed by atoms with E-state index in [9.17, 15) is 20.1 Å². The van der Waals surface area contributed by atoms with Crippen molar-refractivity contribution in [2.75, 3.05) is 0 Å². The monoisotopic (exact) mass is 548 g/mol. The van der Waals surface area contributed by atoms with Crippen molar-refractivity contribution < 1.29 is 24.9 Å². The van der Waals surface area contributed by atoms with E-state index in [4.69, 9.17) is 4.74 Å². The van der Waals surface area contributed by atoms with Crippen molar-refractivity contribution in [2.24, 2.45) is 46.3 Å². The lowest BCUT2D eigenvalue weighted by Crippen LogP contribution is -2.62. The van der Waals surface area contributed by atoms with Crippen LogP contribution in [-0.2, 0) is 16.1 Å². The lowest BCUT2D eigenvalue weighted by molar-refractivity contribution is -0.207. The summed E-state index contributed by atoms with van der Waals surface area (Å²) in [7, 11) is 0. The zero-order chi connectivity index (χ0) is 28.2. The summed E-state index contributed by atoms with van der Waals surface area (Å²) in [5, 5.41) is 35.9. The van der Waals surface area contributed by atoms with Gasteiger partial charge in [0.05, 0.1) is 18.3 Å². The van der Waals surface area contributed by atoms with Crippen LogP contribution in [0, 0.1) is 46.3 Å². The molecular formula is C35H48O5. The van der Waals surface area contributed by atoms with Gasteiger partial charge in [0, 0.05) is 6.42 Å². The van der Waals surface area contributed by atoms with Crippen LogP contribution in [0.1, 0.15) is 84.1 Å². The second-order valence-electron chi connectivity index (χ2n) is 14.3. The number of benzene rings is 2. The van der Waals surface area contributed by atoms with Gasteiger partial charge < -0.3 is 20.1 Å². The van der Waals surface area contributed by atoms with Crippen LogP contribution in [0.15, 0.2) is 42.5 Å². The smallest absolute Gasteiger partial charge is 0.306 e. The largest absolute Gasteiger partial charge is 0.461 e. The van der Waals surface area contributed by atoms with E-state index in [0.29, 0.717) is 36.0 Å². The van der Waals surface area contributed by atoms with Gasteiger partial charge in [0.15, 0.2) is 0 Å². The van der Waals surface area contributed by atoms with Gasteiger partial charge in [0.2, 0.25) is 0 Å². The first-order chi connectivity index (χ1) is 19.1. The van der Waals surface area contributed by atoms with Gasteiger partial charge in [-0.15, -0.1) is 0 Å². The standard InChI is InChI=1S/C35H48O5/c1-21(11-14-32(39)40-20-23-9-6-8-22-7-4-5-10-26(22)23)27-12-13-28-33-29(19-31(38)35(27,28)3)34(2)16-15-25(36)17-24(34)18-30(33)37/h4-10,21,24-25,27-31,33,36-38H,11-20H2,1-3H3/t21-,24+,25-,27-,28+,29+,30-,31+,33+,34+,35-/m1/s1. The highest BCUT2D eigenvalue weighted by Gasteiger charge is 2.65. The molecule has 6 rings (SSSR count).